The zero-order valence-corrected chi connectivity index (χ0v) is 18.5. The van der Waals surface area contributed by atoms with E-state index in [-0.39, 0.29) is 18.3 Å². The average molecular weight is 446 g/mol. The Bertz CT molecular complexity index is 1190. The Hall–Kier alpha value is -3.67. The number of fused-ring (bicyclic) bond motifs is 1. The van der Waals surface area contributed by atoms with Gasteiger partial charge in [0.05, 0.1) is 17.6 Å². The van der Waals surface area contributed by atoms with E-state index in [9.17, 15) is 9.18 Å². The molecule has 0 unspecified atom stereocenters. The van der Waals surface area contributed by atoms with Gasteiger partial charge in [0, 0.05) is 18.5 Å². The second-order valence-corrected chi connectivity index (χ2v) is 7.96. The first-order valence-corrected chi connectivity index (χ1v) is 11.3. The molecule has 1 aromatic heterocycles. The number of carbonyl (C=O) groups is 1. The highest BCUT2D eigenvalue weighted by Crippen LogP contribution is 2.20. The fraction of sp³-hybridized carbons (Fsp3) is 0.259. The monoisotopic (exact) mass is 445 g/mol. The van der Waals surface area contributed by atoms with Gasteiger partial charge in [-0.15, -0.1) is 0 Å². The van der Waals surface area contributed by atoms with E-state index in [4.69, 9.17) is 9.72 Å². The molecule has 0 bridgehead atoms. The van der Waals surface area contributed by atoms with Gasteiger partial charge in [0.15, 0.2) is 6.61 Å². The Balaban J connectivity index is 1.25. The molecule has 0 spiro atoms. The van der Waals surface area contributed by atoms with Gasteiger partial charge in [-0.1, -0.05) is 55.0 Å². The summed E-state index contributed by atoms with van der Waals surface area (Å²) in [5.74, 6) is 1.32. The quantitative estimate of drug-likeness (QED) is 0.326. The molecule has 0 saturated carbocycles. The Morgan fingerprint density at radius 2 is 1.67 bits per heavy atom. The van der Waals surface area contributed by atoms with Crippen LogP contribution in [0, 0.1) is 5.82 Å². The number of amides is 1. The molecule has 0 saturated heterocycles. The summed E-state index contributed by atoms with van der Waals surface area (Å²) in [6, 6.07) is 24.1. The van der Waals surface area contributed by atoms with E-state index in [1.54, 1.807) is 6.07 Å². The molecule has 0 aliphatic carbocycles. The van der Waals surface area contributed by atoms with Gasteiger partial charge in [0.2, 0.25) is 0 Å². The molecule has 5 nitrogen and oxygen atoms in total. The Morgan fingerprint density at radius 3 is 2.52 bits per heavy atom. The van der Waals surface area contributed by atoms with Gasteiger partial charge < -0.3 is 14.6 Å². The van der Waals surface area contributed by atoms with Crippen LogP contribution in [-0.4, -0.2) is 28.6 Å². The molecule has 4 rings (SSSR count). The lowest BCUT2D eigenvalue weighted by molar-refractivity contribution is -0.123. The normalized spacial score (nSPS) is 10.9. The van der Waals surface area contributed by atoms with Gasteiger partial charge in [-0.05, 0) is 43.2 Å². The largest absolute Gasteiger partial charge is 0.484 e. The summed E-state index contributed by atoms with van der Waals surface area (Å²) in [4.78, 5) is 16.7. The van der Waals surface area contributed by atoms with Gasteiger partial charge in [-0.3, -0.25) is 4.79 Å². The number of imidazole rings is 1. The summed E-state index contributed by atoms with van der Waals surface area (Å²) in [5, 5.41) is 2.90. The Kier molecular flexibility index (Phi) is 7.69. The van der Waals surface area contributed by atoms with Gasteiger partial charge in [0.1, 0.15) is 17.4 Å². The van der Waals surface area contributed by atoms with Crippen molar-refractivity contribution in [2.45, 2.75) is 32.2 Å². The number of benzene rings is 3. The molecule has 4 aromatic rings. The number of aromatic nitrogens is 2. The van der Waals surface area contributed by atoms with Crippen molar-refractivity contribution in [3.8, 4) is 5.75 Å². The first kappa shape index (κ1) is 22.5. The zero-order chi connectivity index (χ0) is 22.9. The summed E-state index contributed by atoms with van der Waals surface area (Å²) in [6.07, 6.45) is 3.58. The van der Waals surface area contributed by atoms with Crippen molar-refractivity contribution in [3.05, 3.63) is 96.1 Å². The van der Waals surface area contributed by atoms with E-state index >= 15 is 0 Å². The summed E-state index contributed by atoms with van der Waals surface area (Å²) >= 11 is 0. The molecule has 0 radical (unpaired) electrons. The Morgan fingerprint density at radius 1 is 0.909 bits per heavy atom. The summed E-state index contributed by atoms with van der Waals surface area (Å²) in [5.41, 5.74) is 2.60. The standard InChI is InChI=1S/C27H28FN3O2/c28-23-14-7-6-11-21(23)19-31-25-16-9-8-15-24(25)30-26(31)17-5-2-10-18-29-27(32)20-33-22-12-3-1-4-13-22/h1,3-4,6-9,11-16H,2,5,10,17-20H2,(H,29,32). The third kappa shape index (κ3) is 6.19. The van der Waals surface area contributed by atoms with Crippen LogP contribution in [0.15, 0.2) is 78.9 Å². The maximum Gasteiger partial charge on any atom is 0.257 e. The fourth-order valence-electron chi connectivity index (χ4n) is 3.82. The summed E-state index contributed by atoms with van der Waals surface area (Å²) < 4.78 is 21.8. The number of rotatable bonds is 11. The molecule has 0 aliphatic rings. The lowest BCUT2D eigenvalue weighted by Crippen LogP contribution is -2.29. The van der Waals surface area contributed by atoms with Gasteiger partial charge in [-0.25, -0.2) is 9.37 Å². The van der Waals surface area contributed by atoms with E-state index in [0.717, 1.165) is 42.5 Å². The molecule has 6 heteroatoms. The minimum absolute atomic E-state index is 0.0179. The smallest absolute Gasteiger partial charge is 0.257 e. The number of hydrogen-bond donors (Lipinski definition) is 1. The van der Waals surface area contributed by atoms with Crippen molar-refractivity contribution >= 4 is 16.9 Å². The van der Waals surface area contributed by atoms with Crippen LogP contribution in [-0.2, 0) is 17.8 Å². The van der Waals surface area contributed by atoms with Crippen molar-refractivity contribution in [1.82, 2.24) is 14.9 Å². The van der Waals surface area contributed by atoms with Crippen LogP contribution >= 0.6 is 0 Å². The molecule has 170 valence electrons. The highest BCUT2D eigenvalue weighted by atomic mass is 19.1. The average Bonchev–Trinajstić information content (AvgIpc) is 3.19. The van der Waals surface area contributed by atoms with Crippen molar-refractivity contribution in [2.75, 3.05) is 13.2 Å². The van der Waals surface area contributed by atoms with Crippen molar-refractivity contribution in [3.63, 3.8) is 0 Å². The molecule has 1 amide bonds. The van der Waals surface area contributed by atoms with Crippen LogP contribution < -0.4 is 10.1 Å². The first-order chi connectivity index (χ1) is 16.2. The number of para-hydroxylation sites is 3. The van der Waals surface area contributed by atoms with Crippen LogP contribution in [0.25, 0.3) is 11.0 Å². The third-order valence-corrected chi connectivity index (χ3v) is 5.53. The predicted octanol–water partition coefficient (Wildman–Crippen LogP) is 5.13. The van der Waals surface area contributed by atoms with Crippen LogP contribution in [0.3, 0.4) is 0 Å². The maximum absolute atomic E-state index is 14.2. The highest BCUT2D eigenvalue weighted by molar-refractivity contribution is 5.77. The SMILES string of the molecule is O=C(COc1ccccc1)NCCCCCc1nc2ccccc2n1Cc1ccccc1F. The van der Waals surface area contributed by atoms with Crippen molar-refractivity contribution in [1.29, 1.82) is 0 Å². The number of halogens is 1. The second-order valence-electron chi connectivity index (χ2n) is 7.96. The van der Waals surface area contributed by atoms with Gasteiger partial charge in [0.25, 0.3) is 5.91 Å². The first-order valence-electron chi connectivity index (χ1n) is 11.3. The number of unbranched alkanes of at least 4 members (excludes halogenated alkanes) is 2. The number of carbonyl (C=O) groups excluding carboxylic acids is 1. The third-order valence-electron chi connectivity index (χ3n) is 5.53. The number of nitrogens with one attached hydrogen (secondary N) is 1. The van der Waals surface area contributed by atoms with Crippen LogP contribution in [0.2, 0.25) is 0 Å². The topological polar surface area (TPSA) is 56.1 Å². The fourth-order valence-corrected chi connectivity index (χ4v) is 3.82. The maximum atomic E-state index is 14.2. The molecule has 33 heavy (non-hydrogen) atoms. The molecule has 1 heterocycles. The molecule has 3 aromatic carbocycles. The second kappa shape index (κ2) is 11.3. The van der Waals surface area contributed by atoms with E-state index in [1.807, 2.05) is 66.7 Å². The predicted molar refractivity (Wildman–Crippen MR) is 128 cm³/mol. The lowest BCUT2D eigenvalue weighted by atomic mass is 10.1. The van der Waals surface area contributed by atoms with Gasteiger partial charge in [-0.2, -0.15) is 0 Å². The van der Waals surface area contributed by atoms with E-state index in [0.29, 0.717) is 24.4 Å². The lowest BCUT2D eigenvalue weighted by Gasteiger charge is -2.11. The molecule has 0 aliphatic heterocycles. The molecular formula is C27H28FN3O2. The molecular weight excluding hydrogens is 417 g/mol. The minimum Gasteiger partial charge on any atom is -0.484 e. The highest BCUT2D eigenvalue weighted by Gasteiger charge is 2.12. The van der Waals surface area contributed by atoms with Crippen LogP contribution in [0.1, 0.15) is 30.7 Å². The number of hydrogen-bond acceptors (Lipinski definition) is 3. The Labute approximate surface area is 193 Å². The molecule has 0 fully saturated rings. The summed E-state index contributed by atoms with van der Waals surface area (Å²) in [7, 11) is 0. The molecule has 0 atom stereocenters. The van der Waals surface area contributed by atoms with Crippen molar-refractivity contribution < 1.29 is 13.9 Å². The number of nitrogens with zero attached hydrogens (tertiary/aromatic N) is 2. The minimum atomic E-state index is -0.201. The van der Waals surface area contributed by atoms with Crippen molar-refractivity contribution in [2.24, 2.45) is 0 Å². The zero-order valence-electron chi connectivity index (χ0n) is 18.5. The molecule has 1 N–H and O–H groups in total. The number of ether oxygens (including phenoxy) is 1. The van der Waals surface area contributed by atoms with Gasteiger partial charge >= 0.3 is 0 Å². The van der Waals surface area contributed by atoms with Crippen LogP contribution in [0.5, 0.6) is 5.75 Å². The van der Waals surface area contributed by atoms with E-state index in [1.165, 1.54) is 6.07 Å². The summed E-state index contributed by atoms with van der Waals surface area (Å²) in [6.45, 7) is 1.09. The van der Waals surface area contributed by atoms with Crippen LogP contribution in [0.4, 0.5) is 4.39 Å². The van der Waals surface area contributed by atoms with E-state index < -0.39 is 0 Å². The number of aryl methyl sites for hydroxylation is 1. The van der Waals surface area contributed by atoms with E-state index in [2.05, 4.69) is 9.88 Å².